The van der Waals surface area contributed by atoms with E-state index in [1.165, 1.54) is 9.78 Å². The van der Waals surface area contributed by atoms with Crippen LogP contribution in [0, 0.1) is 0 Å². The molecule has 1 aliphatic rings. The number of hydrogen-bond acceptors (Lipinski definition) is 4. The number of fused-ring (bicyclic) bond motifs is 1. The first-order valence-corrected chi connectivity index (χ1v) is 12.5. The van der Waals surface area contributed by atoms with Gasteiger partial charge in [0, 0.05) is 23.0 Å². The van der Waals surface area contributed by atoms with Crippen LogP contribution >= 0.6 is 34.5 Å². The number of nitrogens with zero attached hydrogens (tertiary/aromatic N) is 2. The first-order valence-electron chi connectivity index (χ1n) is 10.9. The molecule has 8 heteroatoms. The zero-order valence-corrected chi connectivity index (χ0v) is 20.8. The molecule has 0 bridgehead atoms. The quantitative estimate of drug-likeness (QED) is 0.352. The van der Waals surface area contributed by atoms with Crippen molar-refractivity contribution < 1.29 is 14.3 Å². The summed E-state index contributed by atoms with van der Waals surface area (Å²) in [7, 11) is 0. The van der Waals surface area contributed by atoms with E-state index in [0.717, 1.165) is 12.0 Å². The average molecular weight is 515 g/mol. The van der Waals surface area contributed by atoms with E-state index in [2.05, 4.69) is 6.58 Å². The topological polar surface area (TPSA) is 49.9 Å². The van der Waals surface area contributed by atoms with Crippen LogP contribution in [0.3, 0.4) is 0 Å². The van der Waals surface area contributed by atoms with Crippen LogP contribution in [0.15, 0.2) is 72.6 Å². The molecule has 34 heavy (non-hydrogen) atoms. The molecule has 2 amide bonds. The molecule has 2 aromatic carbocycles. The molecule has 1 atom stereocenters. The number of hydrogen-bond donors (Lipinski definition) is 0. The lowest BCUT2D eigenvalue weighted by molar-refractivity contribution is -0.135. The fraction of sp³-hybridized carbons (Fsp3) is 0.231. The van der Waals surface area contributed by atoms with Crippen LogP contribution in [-0.4, -0.2) is 47.9 Å². The minimum absolute atomic E-state index is 0.0764. The van der Waals surface area contributed by atoms with E-state index >= 15 is 0 Å². The summed E-state index contributed by atoms with van der Waals surface area (Å²) in [5.74, 6) is 0.228. The molecular formula is C26H24Cl2N2O3S. The highest BCUT2D eigenvalue weighted by Crippen LogP contribution is 2.34. The van der Waals surface area contributed by atoms with Gasteiger partial charge in [-0.15, -0.1) is 17.9 Å². The van der Waals surface area contributed by atoms with Crippen LogP contribution in [0.4, 0.5) is 0 Å². The van der Waals surface area contributed by atoms with Gasteiger partial charge >= 0.3 is 0 Å². The molecule has 0 fully saturated rings. The van der Waals surface area contributed by atoms with Crippen molar-refractivity contribution in [2.75, 3.05) is 26.2 Å². The lowest BCUT2D eigenvalue weighted by Crippen LogP contribution is -2.47. The Labute approximate surface area is 213 Å². The first-order chi connectivity index (χ1) is 16.5. The van der Waals surface area contributed by atoms with Gasteiger partial charge in [-0.05, 0) is 59.8 Å². The summed E-state index contributed by atoms with van der Waals surface area (Å²) in [5.41, 5.74) is 1.45. The molecule has 5 nitrogen and oxygen atoms in total. The molecule has 1 aliphatic heterocycles. The number of ether oxygens (including phenoxy) is 1. The van der Waals surface area contributed by atoms with Crippen molar-refractivity contribution in [1.29, 1.82) is 0 Å². The predicted molar refractivity (Wildman–Crippen MR) is 137 cm³/mol. The molecule has 0 aliphatic carbocycles. The van der Waals surface area contributed by atoms with E-state index in [1.54, 1.807) is 70.8 Å². The summed E-state index contributed by atoms with van der Waals surface area (Å²) in [4.78, 5) is 31.2. The van der Waals surface area contributed by atoms with Gasteiger partial charge in [0.2, 0.25) is 5.91 Å². The standard InChI is InChI=1S/C26H24Cl2N2O3S/c1-2-13-29(26(32)20-5-3-4-6-22(20)28)16-25(31)30-14-11-24-21(12-15-34-24)23(30)17-33-19-9-7-18(27)8-10-19/h2-10,12,15,23H,1,11,13-14,16-17H2/t23-/m0/s1. The maximum Gasteiger partial charge on any atom is 0.256 e. The smallest absolute Gasteiger partial charge is 0.256 e. The number of rotatable bonds is 8. The van der Waals surface area contributed by atoms with Crippen molar-refractivity contribution in [3.05, 3.63) is 98.7 Å². The Morgan fingerprint density at radius 3 is 2.65 bits per heavy atom. The van der Waals surface area contributed by atoms with E-state index in [1.807, 2.05) is 11.4 Å². The Morgan fingerprint density at radius 1 is 1.15 bits per heavy atom. The van der Waals surface area contributed by atoms with E-state index < -0.39 is 0 Å². The summed E-state index contributed by atoms with van der Waals surface area (Å²) in [6.45, 7) is 4.77. The highest BCUT2D eigenvalue weighted by molar-refractivity contribution is 7.10. The fourth-order valence-electron chi connectivity index (χ4n) is 4.01. The number of carbonyl (C=O) groups excluding carboxylic acids is 2. The maximum atomic E-state index is 13.5. The average Bonchev–Trinajstić information content (AvgIpc) is 3.32. The molecular weight excluding hydrogens is 491 g/mol. The molecule has 3 aromatic rings. The van der Waals surface area contributed by atoms with Crippen molar-refractivity contribution in [2.45, 2.75) is 12.5 Å². The van der Waals surface area contributed by atoms with Crippen molar-refractivity contribution in [3.63, 3.8) is 0 Å². The zero-order valence-electron chi connectivity index (χ0n) is 18.5. The molecule has 4 rings (SSSR count). The van der Waals surface area contributed by atoms with Gasteiger partial charge in [-0.2, -0.15) is 0 Å². The Kier molecular flexibility index (Phi) is 7.93. The van der Waals surface area contributed by atoms with Gasteiger partial charge < -0.3 is 14.5 Å². The maximum absolute atomic E-state index is 13.5. The van der Waals surface area contributed by atoms with Crippen LogP contribution in [0.25, 0.3) is 0 Å². The van der Waals surface area contributed by atoms with E-state index in [9.17, 15) is 9.59 Å². The Morgan fingerprint density at radius 2 is 1.91 bits per heavy atom. The van der Waals surface area contributed by atoms with Gasteiger partial charge in [-0.25, -0.2) is 0 Å². The highest BCUT2D eigenvalue weighted by atomic mass is 35.5. The van der Waals surface area contributed by atoms with Gasteiger partial charge in [0.25, 0.3) is 5.91 Å². The normalized spacial score (nSPS) is 14.9. The summed E-state index contributed by atoms with van der Waals surface area (Å²) in [5, 5.41) is 3.02. The predicted octanol–water partition coefficient (Wildman–Crippen LogP) is 5.89. The number of thiophene rings is 1. The number of benzene rings is 2. The Bertz CT molecular complexity index is 1180. The summed E-state index contributed by atoms with van der Waals surface area (Å²) in [6, 6.07) is 15.8. The first kappa shape index (κ1) is 24.3. The van der Waals surface area contributed by atoms with Gasteiger partial charge in [0.15, 0.2) is 0 Å². The number of carbonyl (C=O) groups is 2. The Balaban J connectivity index is 1.53. The van der Waals surface area contributed by atoms with Gasteiger partial charge in [0.05, 0.1) is 16.6 Å². The second kappa shape index (κ2) is 11.1. The monoisotopic (exact) mass is 514 g/mol. The molecule has 0 spiro atoms. The fourth-order valence-corrected chi connectivity index (χ4v) is 5.29. The summed E-state index contributed by atoms with van der Waals surface area (Å²) >= 11 is 13.9. The van der Waals surface area contributed by atoms with Crippen molar-refractivity contribution in [2.24, 2.45) is 0 Å². The van der Waals surface area contributed by atoms with Crippen molar-refractivity contribution in [1.82, 2.24) is 9.80 Å². The third kappa shape index (κ3) is 5.46. The second-order valence-corrected chi connectivity index (χ2v) is 9.72. The molecule has 0 saturated heterocycles. The van der Waals surface area contributed by atoms with E-state index in [-0.39, 0.29) is 30.9 Å². The van der Waals surface area contributed by atoms with Crippen molar-refractivity contribution in [3.8, 4) is 5.75 Å². The lowest BCUT2D eigenvalue weighted by Gasteiger charge is -2.37. The third-order valence-electron chi connectivity index (χ3n) is 5.70. The van der Waals surface area contributed by atoms with Crippen LogP contribution < -0.4 is 4.74 Å². The molecule has 2 heterocycles. The van der Waals surface area contributed by atoms with E-state index in [0.29, 0.717) is 34.5 Å². The van der Waals surface area contributed by atoms with Gasteiger partial charge in [-0.3, -0.25) is 9.59 Å². The van der Waals surface area contributed by atoms with E-state index in [4.69, 9.17) is 27.9 Å². The van der Waals surface area contributed by atoms with Gasteiger partial charge in [0.1, 0.15) is 18.9 Å². The van der Waals surface area contributed by atoms with Crippen LogP contribution in [0.5, 0.6) is 5.75 Å². The molecule has 176 valence electrons. The third-order valence-corrected chi connectivity index (χ3v) is 7.28. The molecule has 0 N–H and O–H groups in total. The summed E-state index contributed by atoms with van der Waals surface area (Å²) in [6.07, 6.45) is 2.38. The van der Waals surface area contributed by atoms with Crippen LogP contribution in [-0.2, 0) is 11.2 Å². The minimum atomic E-state index is -0.305. The molecule has 0 radical (unpaired) electrons. The summed E-state index contributed by atoms with van der Waals surface area (Å²) < 4.78 is 6.03. The van der Waals surface area contributed by atoms with Gasteiger partial charge in [-0.1, -0.05) is 41.4 Å². The number of amides is 2. The SMILES string of the molecule is C=CCN(CC(=O)N1CCc2sccc2[C@@H]1COc1ccc(Cl)cc1)C(=O)c1ccccc1Cl. The van der Waals surface area contributed by atoms with Crippen LogP contribution in [0.1, 0.15) is 26.8 Å². The molecule has 1 aromatic heterocycles. The van der Waals surface area contributed by atoms with Crippen molar-refractivity contribution >= 4 is 46.4 Å². The minimum Gasteiger partial charge on any atom is -0.491 e. The highest BCUT2D eigenvalue weighted by Gasteiger charge is 2.33. The molecule has 0 unspecified atom stereocenters. The largest absolute Gasteiger partial charge is 0.491 e. The lowest BCUT2D eigenvalue weighted by atomic mass is 10.0. The number of halogens is 2. The Hall–Kier alpha value is -2.80. The molecule has 0 saturated carbocycles. The zero-order chi connectivity index (χ0) is 24.1. The second-order valence-electron chi connectivity index (χ2n) is 7.87. The van der Waals surface area contributed by atoms with Crippen LogP contribution in [0.2, 0.25) is 10.0 Å².